The van der Waals surface area contributed by atoms with Gasteiger partial charge in [-0.1, -0.05) is 17.7 Å². The van der Waals surface area contributed by atoms with Gasteiger partial charge in [0.25, 0.3) is 15.9 Å². The van der Waals surface area contributed by atoms with Gasteiger partial charge in [-0.15, -0.1) is 0 Å². The first kappa shape index (κ1) is 20.0. The maximum atomic E-state index is 14.0. The van der Waals surface area contributed by atoms with Gasteiger partial charge in [-0.3, -0.25) is 4.79 Å². The number of hydrogen-bond acceptors (Lipinski definition) is 4. The predicted molar refractivity (Wildman–Crippen MR) is 108 cm³/mol. The van der Waals surface area contributed by atoms with Gasteiger partial charge in [-0.2, -0.15) is 17.6 Å². The highest BCUT2D eigenvalue weighted by Crippen LogP contribution is 2.25. The van der Waals surface area contributed by atoms with E-state index in [4.69, 9.17) is 11.6 Å². The summed E-state index contributed by atoms with van der Waals surface area (Å²) < 4.78 is 53.7. The van der Waals surface area contributed by atoms with Crippen LogP contribution in [0, 0.1) is 11.6 Å². The van der Waals surface area contributed by atoms with E-state index in [9.17, 15) is 22.0 Å². The fourth-order valence-electron chi connectivity index (χ4n) is 2.88. The molecule has 1 amide bonds. The van der Waals surface area contributed by atoms with Crippen molar-refractivity contribution < 1.29 is 22.0 Å². The SMILES string of the molecule is O=C(Nc1ccc2cnn(S(=O)(=O)c3ccc(F)cc3)c2c1)c1c(F)cccc1Cl. The van der Waals surface area contributed by atoms with Gasteiger partial charge in [-0.05, 0) is 54.6 Å². The molecular weight excluding hydrogens is 436 g/mol. The molecule has 152 valence electrons. The quantitative estimate of drug-likeness (QED) is 0.501. The van der Waals surface area contributed by atoms with Crippen molar-refractivity contribution in [2.75, 3.05) is 5.32 Å². The molecule has 30 heavy (non-hydrogen) atoms. The maximum absolute atomic E-state index is 14.0. The molecule has 3 aromatic carbocycles. The van der Waals surface area contributed by atoms with Crippen LogP contribution >= 0.6 is 11.6 Å². The molecule has 0 atom stereocenters. The van der Waals surface area contributed by atoms with Crippen molar-refractivity contribution in [1.82, 2.24) is 9.19 Å². The monoisotopic (exact) mass is 447 g/mol. The fraction of sp³-hybridized carbons (Fsp3) is 0. The van der Waals surface area contributed by atoms with Crippen molar-refractivity contribution in [2.24, 2.45) is 0 Å². The van der Waals surface area contributed by atoms with Gasteiger partial charge in [0.05, 0.1) is 27.2 Å². The summed E-state index contributed by atoms with van der Waals surface area (Å²) in [5.74, 6) is -2.15. The van der Waals surface area contributed by atoms with E-state index in [0.29, 0.717) is 5.39 Å². The third-order valence-electron chi connectivity index (χ3n) is 4.33. The number of fused-ring (bicyclic) bond motifs is 1. The summed E-state index contributed by atoms with van der Waals surface area (Å²) in [6, 6.07) is 12.6. The Labute approximate surface area is 174 Å². The summed E-state index contributed by atoms with van der Waals surface area (Å²) in [4.78, 5) is 12.3. The van der Waals surface area contributed by atoms with Crippen LogP contribution in [0.3, 0.4) is 0 Å². The number of anilines is 1. The third kappa shape index (κ3) is 3.53. The summed E-state index contributed by atoms with van der Waals surface area (Å²) in [5.41, 5.74) is 0.0614. The second kappa shape index (κ2) is 7.51. The molecule has 0 saturated carbocycles. The second-order valence-corrected chi connectivity index (χ2v) is 8.45. The number of hydrogen-bond donors (Lipinski definition) is 1. The molecule has 0 aliphatic carbocycles. The number of nitrogens with zero attached hydrogens (tertiary/aromatic N) is 2. The third-order valence-corrected chi connectivity index (χ3v) is 6.25. The Morgan fingerprint density at radius 1 is 1.03 bits per heavy atom. The summed E-state index contributed by atoms with van der Waals surface area (Å²) in [5, 5.41) is 6.84. The molecule has 10 heteroatoms. The molecule has 6 nitrogen and oxygen atoms in total. The van der Waals surface area contributed by atoms with Crippen molar-refractivity contribution in [1.29, 1.82) is 0 Å². The minimum absolute atomic E-state index is 0.0579. The molecule has 1 aromatic heterocycles. The zero-order valence-electron chi connectivity index (χ0n) is 15.0. The second-order valence-electron chi connectivity index (χ2n) is 6.27. The van der Waals surface area contributed by atoms with Gasteiger partial charge >= 0.3 is 0 Å². The number of benzene rings is 3. The number of carbonyl (C=O) groups excluding carboxylic acids is 1. The van der Waals surface area contributed by atoms with E-state index >= 15 is 0 Å². The van der Waals surface area contributed by atoms with Gasteiger partial charge in [0, 0.05) is 11.1 Å². The van der Waals surface area contributed by atoms with Crippen molar-refractivity contribution >= 4 is 44.1 Å². The molecule has 0 saturated heterocycles. The largest absolute Gasteiger partial charge is 0.322 e. The summed E-state index contributed by atoms with van der Waals surface area (Å²) in [6.45, 7) is 0. The molecule has 1 N–H and O–H groups in total. The number of aromatic nitrogens is 2. The van der Waals surface area contributed by atoms with Gasteiger partial charge < -0.3 is 5.32 Å². The molecule has 4 aromatic rings. The smallest absolute Gasteiger partial charge is 0.283 e. The van der Waals surface area contributed by atoms with Crippen LogP contribution in [0.4, 0.5) is 14.5 Å². The van der Waals surface area contributed by atoms with Gasteiger partial charge in [-0.25, -0.2) is 8.78 Å². The van der Waals surface area contributed by atoms with Crippen LogP contribution in [0.25, 0.3) is 10.9 Å². The molecule has 1 heterocycles. The Balaban J connectivity index is 1.73. The summed E-state index contributed by atoms with van der Waals surface area (Å²) >= 11 is 5.91. The first-order valence-corrected chi connectivity index (χ1v) is 10.3. The highest BCUT2D eigenvalue weighted by Gasteiger charge is 2.21. The van der Waals surface area contributed by atoms with Crippen LogP contribution in [-0.2, 0) is 10.0 Å². The minimum atomic E-state index is -4.10. The Kier molecular flexibility index (Phi) is 5.00. The fourth-order valence-corrected chi connectivity index (χ4v) is 4.40. The molecule has 0 spiro atoms. The Hall–Kier alpha value is -3.30. The highest BCUT2D eigenvalue weighted by atomic mass is 35.5. The van der Waals surface area contributed by atoms with E-state index in [1.165, 1.54) is 30.5 Å². The molecule has 0 bridgehead atoms. The molecule has 0 radical (unpaired) electrons. The Morgan fingerprint density at radius 2 is 1.77 bits per heavy atom. The minimum Gasteiger partial charge on any atom is -0.322 e. The number of rotatable bonds is 4. The van der Waals surface area contributed by atoms with Gasteiger partial charge in [0.1, 0.15) is 11.6 Å². The summed E-state index contributed by atoms with van der Waals surface area (Å²) in [6.07, 6.45) is 1.34. The highest BCUT2D eigenvalue weighted by molar-refractivity contribution is 7.90. The normalized spacial score (nSPS) is 11.6. The molecule has 0 aliphatic heterocycles. The van der Waals surface area contributed by atoms with Crippen molar-refractivity contribution in [3.63, 3.8) is 0 Å². The van der Waals surface area contributed by atoms with Crippen LogP contribution in [0.15, 0.2) is 71.8 Å². The van der Waals surface area contributed by atoms with Crippen LogP contribution in [0.5, 0.6) is 0 Å². The predicted octanol–water partition coefficient (Wildman–Crippen LogP) is 4.46. The van der Waals surface area contributed by atoms with E-state index < -0.39 is 27.6 Å². The van der Waals surface area contributed by atoms with Crippen LogP contribution in [0.2, 0.25) is 5.02 Å². The number of halogens is 3. The van der Waals surface area contributed by atoms with E-state index in [0.717, 1.165) is 34.4 Å². The van der Waals surface area contributed by atoms with Gasteiger partial charge in [0.2, 0.25) is 0 Å². The molecular formula is C20H12ClF2N3O3S. The number of amides is 1. The first-order valence-electron chi connectivity index (χ1n) is 8.52. The van der Waals surface area contributed by atoms with Crippen molar-refractivity contribution in [3.8, 4) is 0 Å². The van der Waals surface area contributed by atoms with Crippen molar-refractivity contribution in [3.05, 3.63) is 89.1 Å². The number of carbonyl (C=O) groups is 1. The zero-order valence-corrected chi connectivity index (χ0v) is 16.6. The average molecular weight is 448 g/mol. The topological polar surface area (TPSA) is 81.1 Å². The first-order chi connectivity index (χ1) is 14.3. The lowest BCUT2D eigenvalue weighted by Crippen LogP contribution is -2.16. The zero-order chi connectivity index (χ0) is 21.5. The molecule has 0 unspecified atom stereocenters. The van der Waals surface area contributed by atoms with E-state index in [2.05, 4.69) is 10.4 Å². The lowest BCUT2D eigenvalue weighted by Gasteiger charge is -2.09. The van der Waals surface area contributed by atoms with Crippen molar-refractivity contribution in [2.45, 2.75) is 4.90 Å². The average Bonchev–Trinajstić information content (AvgIpc) is 3.12. The van der Waals surface area contributed by atoms with Gasteiger partial charge in [0.15, 0.2) is 0 Å². The standard InChI is InChI=1S/C20H12ClF2N3O3S/c21-16-2-1-3-17(23)19(16)20(27)25-14-7-4-12-11-24-26(18(12)10-14)30(28,29)15-8-5-13(22)6-9-15/h1-11H,(H,25,27). The number of nitrogens with one attached hydrogen (secondary N) is 1. The van der Waals surface area contributed by atoms with Crippen LogP contribution < -0.4 is 5.32 Å². The Bertz CT molecular complexity index is 1370. The van der Waals surface area contributed by atoms with Crippen LogP contribution in [0.1, 0.15) is 10.4 Å². The van der Waals surface area contributed by atoms with E-state index in [-0.39, 0.29) is 26.7 Å². The van der Waals surface area contributed by atoms with Crippen LogP contribution in [-0.4, -0.2) is 23.5 Å². The lowest BCUT2D eigenvalue weighted by atomic mass is 10.2. The molecule has 0 aliphatic rings. The van der Waals surface area contributed by atoms with E-state index in [1.54, 1.807) is 6.07 Å². The Morgan fingerprint density at radius 3 is 2.47 bits per heavy atom. The maximum Gasteiger partial charge on any atom is 0.283 e. The van der Waals surface area contributed by atoms with E-state index in [1.807, 2.05) is 0 Å². The lowest BCUT2D eigenvalue weighted by molar-refractivity contribution is 0.102. The molecule has 4 rings (SSSR count). The summed E-state index contributed by atoms with van der Waals surface area (Å²) in [7, 11) is -4.10. The molecule has 0 fully saturated rings.